The minimum atomic E-state index is -0.358. The zero-order chi connectivity index (χ0) is 13.7. The van der Waals surface area contributed by atoms with E-state index in [1.165, 1.54) is 12.0 Å². The number of piperidine rings is 1. The molecule has 1 aromatic carbocycles. The first-order valence-electron chi connectivity index (χ1n) is 7.19. The first-order valence-corrected chi connectivity index (χ1v) is 7.19. The van der Waals surface area contributed by atoms with E-state index < -0.39 is 0 Å². The van der Waals surface area contributed by atoms with Gasteiger partial charge in [0.05, 0.1) is 12.2 Å². The van der Waals surface area contributed by atoms with Gasteiger partial charge in [-0.05, 0) is 38.3 Å². The van der Waals surface area contributed by atoms with Crippen LogP contribution < -0.4 is 0 Å². The number of aliphatic hydroxyl groups excluding tert-OH is 1. The third-order valence-electron chi connectivity index (χ3n) is 3.98. The van der Waals surface area contributed by atoms with Crippen molar-refractivity contribution >= 4 is 0 Å². The van der Waals surface area contributed by atoms with Gasteiger partial charge in [-0.1, -0.05) is 29.8 Å². The average molecular weight is 263 g/mol. The van der Waals surface area contributed by atoms with Crippen molar-refractivity contribution in [3.8, 4) is 0 Å². The second kappa shape index (κ2) is 7.04. The van der Waals surface area contributed by atoms with Crippen molar-refractivity contribution in [2.75, 3.05) is 26.7 Å². The Morgan fingerprint density at radius 2 is 2.11 bits per heavy atom. The Morgan fingerprint density at radius 3 is 2.79 bits per heavy atom. The van der Waals surface area contributed by atoms with Crippen molar-refractivity contribution in [1.82, 2.24) is 4.90 Å². The van der Waals surface area contributed by atoms with Gasteiger partial charge in [0, 0.05) is 20.2 Å². The van der Waals surface area contributed by atoms with Crippen molar-refractivity contribution in [1.29, 1.82) is 0 Å². The smallest absolute Gasteiger partial charge is 0.0802 e. The van der Waals surface area contributed by atoms with Crippen LogP contribution in [0.2, 0.25) is 0 Å². The van der Waals surface area contributed by atoms with E-state index in [1.54, 1.807) is 7.11 Å². The van der Waals surface area contributed by atoms with Crippen molar-refractivity contribution in [2.45, 2.75) is 38.4 Å². The van der Waals surface area contributed by atoms with Crippen LogP contribution in [0, 0.1) is 6.92 Å². The molecule has 1 fully saturated rings. The normalized spacial score (nSPS) is 22.4. The Bertz CT molecular complexity index is 377. The molecular formula is C16H25NO2. The van der Waals surface area contributed by atoms with Crippen LogP contribution >= 0.6 is 0 Å². The molecule has 1 aromatic rings. The fourth-order valence-electron chi connectivity index (χ4n) is 2.67. The highest BCUT2D eigenvalue weighted by molar-refractivity contribution is 5.23. The largest absolute Gasteiger partial charge is 0.388 e. The third kappa shape index (κ3) is 4.30. The summed E-state index contributed by atoms with van der Waals surface area (Å²) < 4.78 is 5.42. The molecule has 0 aliphatic carbocycles. The van der Waals surface area contributed by atoms with Gasteiger partial charge in [0.15, 0.2) is 0 Å². The lowest BCUT2D eigenvalue weighted by molar-refractivity contribution is 0.0255. The summed E-state index contributed by atoms with van der Waals surface area (Å²) in [7, 11) is 1.79. The molecule has 19 heavy (non-hydrogen) atoms. The summed E-state index contributed by atoms with van der Waals surface area (Å²) in [6.45, 7) is 5.13. The second-order valence-electron chi connectivity index (χ2n) is 5.52. The van der Waals surface area contributed by atoms with Gasteiger partial charge < -0.3 is 14.7 Å². The number of likely N-dealkylation sites (tertiary alicyclic amines) is 1. The monoisotopic (exact) mass is 263 g/mol. The number of ether oxygens (including phenoxy) is 1. The molecule has 0 radical (unpaired) electrons. The zero-order valence-corrected chi connectivity index (χ0v) is 12.0. The molecule has 106 valence electrons. The van der Waals surface area contributed by atoms with Crippen molar-refractivity contribution in [2.24, 2.45) is 0 Å². The summed E-state index contributed by atoms with van der Waals surface area (Å²) in [5, 5.41) is 10.2. The molecule has 1 heterocycles. The number of nitrogens with zero attached hydrogens (tertiary/aromatic N) is 1. The van der Waals surface area contributed by atoms with E-state index in [0.29, 0.717) is 6.10 Å². The number of hydrogen-bond donors (Lipinski definition) is 1. The number of rotatable bonds is 5. The molecule has 0 amide bonds. The van der Waals surface area contributed by atoms with E-state index in [0.717, 1.165) is 38.0 Å². The quantitative estimate of drug-likeness (QED) is 0.886. The Labute approximate surface area is 116 Å². The lowest BCUT2D eigenvalue weighted by Crippen LogP contribution is -2.40. The summed E-state index contributed by atoms with van der Waals surface area (Å²) in [6.07, 6.45) is 3.15. The summed E-state index contributed by atoms with van der Waals surface area (Å²) >= 11 is 0. The van der Waals surface area contributed by atoms with Crippen LogP contribution in [0.4, 0.5) is 0 Å². The maximum absolute atomic E-state index is 10.2. The predicted molar refractivity (Wildman–Crippen MR) is 77.2 cm³/mol. The van der Waals surface area contributed by atoms with Crippen LogP contribution in [0.5, 0.6) is 0 Å². The number of methoxy groups -OCH3 is 1. The molecular weight excluding hydrogens is 238 g/mol. The lowest BCUT2D eigenvalue weighted by atomic mass is 10.0. The van der Waals surface area contributed by atoms with Crippen LogP contribution in [0.25, 0.3) is 0 Å². The highest BCUT2D eigenvalue weighted by Gasteiger charge is 2.20. The van der Waals surface area contributed by atoms with Gasteiger partial charge in [0.1, 0.15) is 0 Å². The molecule has 1 N–H and O–H groups in total. The molecule has 0 bridgehead atoms. The molecule has 3 nitrogen and oxygen atoms in total. The first kappa shape index (κ1) is 14.5. The van der Waals surface area contributed by atoms with Crippen LogP contribution in [0.1, 0.15) is 36.5 Å². The highest BCUT2D eigenvalue weighted by atomic mass is 16.5. The maximum atomic E-state index is 10.2. The molecule has 2 unspecified atom stereocenters. The van der Waals surface area contributed by atoms with E-state index in [4.69, 9.17) is 4.74 Å². The van der Waals surface area contributed by atoms with Crippen LogP contribution in [0.15, 0.2) is 24.3 Å². The van der Waals surface area contributed by atoms with Crippen LogP contribution in [0.3, 0.4) is 0 Å². The highest BCUT2D eigenvalue weighted by Crippen LogP contribution is 2.19. The van der Waals surface area contributed by atoms with Crippen LogP contribution in [-0.4, -0.2) is 42.9 Å². The summed E-state index contributed by atoms with van der Waals surface area (Å²) in [5.41, 5.74) is 2.25. The number of hydrogen-bond acceptors (Lipinski definition) is 3. The van der Waals surface area contributed by atoms with E-state index >= 15 is 0 Å². The van der Waals surface area contributed by atoms with E-state index in [-0.39, 0.29) is 6.10 Å². The van der Waals surface area contributed by atoms with Gasteiger partial charge in [0.25, 0.3) is 0 Å². The standard InChI is InChI=1S/C16H25NO2/c1-13-5-7-14(8-6-13)16(18)9-11-17-10-3-4-15(12-17)19-2/h5-8,15-16,18H,3-4,9-12H2,1-2H3. The molecule has 3 heteroatoms. The van der Waals surface area contributed by atoms with Crippen molar-refractivity contribution < 1.29 is 9.84 Å². The topological polar surface area (TPSA) is 32.7 Å². The Balaban J connectivity index is 1.79. The maximum Gasteiger partial charge on any atom is 0.0802 e. The summed E-state index contributed by atoms with van der Waals surface area (Å²) in [6, 6.07) is 8.16. The molecule has 1 aliphatic rings. The molecule has 1 saturated heterocycles. The molecule has 0 aromatic heterocycles. The van der Waals surface area contributed by atoms with Gasteiger partial charge in [-0.3, -0.25) is 0 Å². The van der Waals surface area contributed by atoms with Crippen molar-refractivity contribution in [3.63, 3.8) is 0 Å². The van der Waals surface area contributed by atoms with Gasteiger partial charge >= 0.3 is 0 Å². The molecule has 2 rings (SSSR count). The molecule has 1 aliphatic heterocycles. The van der Waals surface area contributed by atoms with Gasteiger partial charge in [0.2, 0.25) is 0 Å². The lowest BCUT2D eigenvalue weighted by Gasteiger charge is -2.32. The predicted octanol–water partition coefficient (Wildman–Crippen LogP) is 2.53. The van der Waals surface area contributed by atoms with E-state index in [1.807, 2.05) is 12.1 Å². The van der Waals surface area contributed by atoms with Gasteiger partial charge in [-0.15, -0.1) is 0 Å². The summed E-state index contributed by atoms with van der Waals surface area (Å²) in [4.78, 5) is 2.40. The van der Waals surface area contributed by atoms with Gasteiger partial charge in [-0.25, -0.2) is 0 Å². The molecule has 0 saturated carbocycles. The minimum Gasteiger partial charge on any atom is -0.388 e. The Hall–Kier alpha value is -0.900. The summed E-state index contributed by atoms with van der Waals surface area (Å²) in [5.74, 6) is 0. The van der Waals surface area contributed by atoms with E-state index in [2.05, 4.69) is 24.0 Å². The Kier molecular flexibility index (Phi) is 5.37. The van der Waals surface area contributed by atoms with Crippen LogP contribution in [-0.2, 0) is 4.74 Å². The van der Waals surface area contributed by atoms with E-state index in [9.17, 15) is 5.11 Å². The number of aliphatic hydroxyl groups is 1. The van der Waals surface area contributed by atoms with Crippen molar-refractivity contribution in [3.05, 3.63) is 35.4 Å². The average Bonchev–Trinajstić information content (AvgIpc) is 2.46. The molecule has 0 spiro atoms. The fourth-order valence-corrected chi connectivity index (χ4v) is 2.67. The zero-order valence-electron chi connectivity index (χ0n) is 12.0. The minimum absolute atomic E-state index is 0.358. The number of aryl methyl sites for hydroxylation is 1. The first-order chi connectivity index (χ1) is 9.19. The third-order valence-corrected chi connectivity index (χ3v) is 3.98. The Morgan fingerprint density at radius 1 is 1.37 bits per heavy atom. The van der Waals surface area contributed by atoms with Gasteiger partial charge in [-0.2, -0.15) is 0 Å². The fraction of sp³-hybridized carbons (Fsp3) is 0.625. The SMILES string of the molecule is COC1CCCN(CCC(O)c2ccc(C)cc2)C1. The molecule has 2 atom stereocenters. The second-order valence-corrected chi connectivity index (χ2v) is 5.52. The number of benzene rings is 1.